The Morgan fingerprint density at radius 1 is 1.39 bits per heavy atom. The van der Waals surface area contributed by atoms with Crippen molar-refractivity contribution in [1.82, 2.24) is 4.98 Å². The third-order valence-electron chi connectivity index (χ3n) is 2.11. The molecule has 0 bridgehead atoms. The van der Waals surface area contributed by atoms with Gasteiger partial charge in [-0.25, -0.2) is 14.2 Å². The van der Waals surface area contributed by atoms with Crippen molar-refractivity contribution in [3.8, 4) is 0 Å². The molecule has 18 heavy (non-hydrogen) atoms. The molecule has 1 aromatic heterocycles. The number of halogens is 2. The molecule has 2 aromatic rings. The lowest BCUT2D eigenvalue weighted by Gasteiger charge is -2.05. The summed E-state index contributed by atoms with van der Waals surface area (Å²) in [5.74, 6) is -1.56. The van der Waals surface area contributed by atoms with Gasteiger partial charge < -0.3 is 5.11 Å². The van der Waals surface area contributed by atoms with E-state index in [9.17, 15) is 9.18 Å². The maximum Gasteiger partial charge on any atom is 0.335 e. The molecule has 0 aliphatic rings. The van der Waals surface area contributed by atoms with Gasteiger partial charge in [-0.1, -0.05) is 11.8 Å². The van der Waals surface area contributed by atoms with Gasteiger partial charge in [0.25, 0.3) is 0 Å². The molecule has 0 saturated carbocycles. The highest BCUT2D eigenvalue weighted by Crippen LogP contribution is 2.33. The van der Waals surface area contributed by atoms with E-state index in [2.05, 4.69) is 20.9 Å². The molecule has 1 aromatic carbocycles. The second-order valence-electron chi connectivity index (χ2n) is 3.34. The Balaban J connectivity index is 2.37. The molecule has 6 heteroatoms. The minimum atomic E-state index is -1.09. The molecule has 3 nitrogen and oxygen atoms in total. The normalized spacial score (nSPS) is 10.3. The van der Waals surface area contributed by atoms with E-state index < -0.39 is 11.8 Å². The fourth-order valence-electron chi connectivity index (χ4n) is 1.27. The summed E-state index contributed by atoms with van der Waals surface area (Å²) in [5, 5.41) is 9.45. The van der Waals surface area contributed by atoms with Crippen molar-refractivity contribution in [2.24, 2.45) is 0 Å². The van der Waals surface area contributed by atoms with Crippen LogP contribution in [0.2, 0.25) is 0 Å². The Morgan fingerprint density at radius 2 is 2.17 bits per heavy atom. The van der Waals surface area contributed by atoms with Crippen molar-refractivity contribution >= 4 is 33.7 Å². The zero-order valence-electron chi connectivity index (χ0n) is 8.93. The number of carbonyl (C=O) groups is 1. The summed E-state index contributed by atoms with van der Waals surface area (Å²) in [7, 11) is 0. The van der Waals surface area contributed by atoms with Gasteiger partial charge in [0, 0.05) is 6.20 Å². The topological polar surface area (TPSA) is 50.2 Å². The molecule has 0 saturated heterocycles. The highest BCUT2D eigenvalue weighted by atomic mass is 79.9. The van der Waals surface area contributed by atoms with Gasteiger partial charge in [-0.3, -0.25) is 0 Å². The first-order valence-electron chi connectivity index (χ1n) is 4.89. The molecule has 0 fully saturated rings. The fraction of sp³-hybridized carbons (Fsp3) is 0. The van der Waals surface area contributed by atoms with Crippen LogP contribution < -0.4 is 0 Å². The van der Waals surface area contributed by atoms with Crippen LogP contribution in [-0.2, 0) is 0 Å². The van der Waals surface area contributed by atoms with Crippen LogP contribution in [0, 0.1) is 5.82 Å². The van der Waals surface area contributed by atoms with Gasteiger partial charge >= 0.3 is 5.97 Å². The number of carboxylic acid groups (broad SMARTS) is 1. The Hall–Kier alpha value is -1.40. The van der Waals surface area contributed by atoms with Crippen LogP contribution in [0.3, 0.4) is 0 Å². The smallest absolute Gasteiger partial charge is 0.335 e. The molecule has 0 atom stereocenters. The van der Waals surface area contributed by atoms with Crippen molar-refractivity contribution in [2.75, 3.05) is 0 Å². The first kappa shape index (κ1) is 13.0. The molecule has 1 heterocycles. The molecule has 2 rings (SSSR count). The number of aromatic nitrogens is 1. The zero-order valence-corrected chi connectivity index (χ0v) is 11.3. The van der Waals surface area contributed by atoms with Crippen molar-refractivity contribution in [2.45, 2.75) is 9.92 Å². The lowest BCUT2D eigenvalue weighted by atomic mass is 10.2. The second-order valence-corrected chi connectivity index (χ2v) is 5.23. The number of pyridine rings is 1. The van der Waals surface area contributed by atoms with E-state index >= 15 is 0 Å². The minimum Gasteiger partial charge on any atom is -0.478 e. The molecule has 1 N–H and O–H groups in total. The maximum atomic E-state index is 13.6. The average Bonchev–Trinajstić information content (AvgIpc) is 2.34. The SMILES string of the molecule is O=C(O)c1ccc(F)c(Sc2ncccc2Br)c1. The standard InChI is InChI=1S/C12H7BrFNO2S/c13-8-2-1-5-15-11(8)18-10-6-7(12(16)17)3-4-9(10)14/h1-6H,(H,16,17). The van der Waals surface area contributed by atoms with E-state index in [-0.39, 0.29) is 10.5 Å². The van der Waals surface area contributed by atoms with Crippen LogP contribution in [-0.4, -0.2) is 16.1 Å². The van der Waals surface area contributed by atoms with E-state index in [1.54, 1.807) is 18.3 Å². The molecule has 0 radical (unpaired) electrons. The number of hydrogen-bond donors (Lipinski definition) is 1. The molecule has 92 valence electrons. The number of benzene rings is 1. The predicted octanol–water partition coefficient (Wildman–Crippen LogP) is 3.83. The summed E-state index contributed by atoms with van der Waals surface area (Å²) in [4.78, 5) is 15.1. The molecule has 0 aliphatic carbocycles. The monoisotopic (exact) mass is 327 g/mol. The number of aromatic carboxylic acids is 1. The third-order valence-corrected chi connectivity index (χ3v) is 4.06. The van der Waals surface area contributed by atoms with Gasteiger partial charge in [0.1, 0.15) is 10.8 Å². The lowest BCUT2D eigenvalue weighted by molar-refractivity contribution is 0.0696. The number of hydrogen-bond acceptors (Lipinski definition) is 3. The molecule has 0 aliphatic heterocycles. The van der Waals surface area contributed by atoms with E-state index in [0.717, 1.165) is 22.3 Å². The summed E-state index contributed by atoms with van der Waals surface area (Å²) in [6, 6.07) is 7.20. The Bertz CT molecular complexity index is 606. The summed E-state index contributed by atoms with van der Waals surface area (Å²) >= 11 is 4.38. The van der Waals surface area contributed by atoms with Crippen LogP contribution in [0.5, 0.6) is 0 Å². The average molecular weight is 328 g/mol. The molecular formula is C12H7BrFNO2S. The molecule has 0 amide bonds. The van der Waals surface area contributed by atoms with Gasteiger partial charge in [0.05, 0.1) is 14.9 Å². The van der Waals surface area contributed by atoms with Crippen molar-refractivity contribution in [1.29, 1.82) is 0 Å². The van der Waals surface area contributed by atoms with Gasteiger partial charge in [-0.05, 0) is 46.3 Å². The van der Waals surface area contributed by atoms with Crippen molar-refractivity contribution in [3.05, 3.63) is 52.4 Å². The van der Waals surface area contributed by atoms with E-state index in [0.29, 0.717) is 5.03 Å². The Morgan fingerprint density at radius 3 is 2.83 bits per heavy atom. The fourth-order valence-corrected chi connectivity index (χ4v) is 2.60. The highest BCUT2D eigenvalue weighted by Gasteiger charge is 2.11. The summed E-state index contributed by atoms with van der Waals surface area (Å²) in [6.07, 6.45) is 1.59. The van der Waals surface area contributed by atoms with Gasteiger partial charge in [-0.15, -0.1) is 0 Å². The summed E-state index contributed by atoms with van der Waals surface area (Å²) in [6.45, 7) is 0. The Labute approximate surface area is 115 Å². The Kier molecular flexibility index (Phi) is 3.98. The van der Waals surface area contributed by atoms with Crippen molar-refractivity contribution in [3.63, 3.8) is 0 Å². The third kappa shape index (κ3) is 2.88. The van der Waals surface area contributed by atoms with Crippen molar-refractivity contribution < 1.29 is 14.3 Å². The number of carboxylic acids is 1. The van der Waals surface area contributed by atoms with Crippen LogP contribution in [0.25, 0.3) is 0 Å². The molecule has 0 spiro atoms. The lowest BCUT2D eigenvalue weighted by Crippen LogP contribution is -1.97. The summed E-state index contributed by atoms with van der Waals surface area (Å²) < 4.78 is 14.3. The minimum absolute atomic E-state index is 0.0472. The molecule has 0 unspecified atom stereocenters. The van der Waals surface area contributed by atoms with Crippen LogP contribution in [0.1, 0.15) is 10.4 Å². The van der Waals surface area contributed by atoms with Crippen LogP contribution >= 0.6 is 27.7 Å². The first-order chi connectivity index (χ1) is 8.58. The van der Waals surface area contributed by atoms with Crippen LogP contribution in [0.4, 0.5) is 4.39 Å². The maximum absolute atomic E-state index is 13.6. The van der Waals surface area contributed by atoms with Gasteiger partial charge in [-0.2, -0.15) is 0 Å². The van der Waals surface area contributed by atoms with Crippen LogP contribution in [0.15, 0.2) is 50.9 Å². The number of rotatable bonds is 3. The molecular weight excluding hydrogens is 321 g/mol. The van der Waals surface area contributed by atoms with Gasteiger partial charge in [0.2, 0.25) is 0 Å². The largest absolute Gasteiger partial charge is 0.478 e. The van der Waals surface area contributed by atoms with E-state index in [4.69, 9.17) is 5.11 Å². The summed E-state index contributed by atoms with van der Waals surface area (Å²) in [5.41, 5.74) is 0.0472. The number of nitrogens with zero attached hydrogens (tertiary/aromatic N) is 1. The zero-order chi connectivity index (χ0) is 13.1. The van der Waals surface area contributed by atoms with Gasteiger partial charge in [0.15, 0.2) is 0 Å². The highest BCUT2D eigenvalue weighted by molar-refractivity contribution is 9.10. The second kappa shape index (κ2) is 5.49. The van der Waals surface area contributed by atoms with E-state index in [1.165, 1.54) is 12.1 Å². The predicted molar refractivity (Wildman–Crippen MR) is 69.4 cm³/mol. The first-order valence-corrected chi connectivity index (χ1v) is 6.50. The quantitative estimate of drug-likeness (QED) is 0.930. The van der Waals surface area contributed by atoms with E-state index in [1.807, 2.05) is 0 Å².